The Kier molecular flexibility index (Phi) is 6.08. The average molecular weight is 306 g/mol. The topological polar surface area (TPSA) is 29.5 Å². The molecule has 1 unspecified atom stereocenters. The van der Waals surface area contributed by atoms with Gasteiger partial charge in [-0.15, -0.1) is 11.8 Å². The Bertz CT molecular complexity index is 574. The van der Waals surface area contributed by atoms with Crippen LogP contribution in [-0.4, -0.2) is 17.5 Å². The van der Waals surface area contributed by atoms with Gasteiger partial charge in [-0.1, -0.05) is 31.2 Å². The van der Waals surface area contributed by atoms with E-state index in [0.717, 1.165) is 16.9 Å². The van der Waals surface area contributed by atoms with Crippen LogP contribution >= 0.6 is 11.8 Å². The highest BCUT2D eigenvalue weighted by Crippen LogP contribution is 2.30. The van der Waals surface area contributed by atoms with E-state index in [1.807, 2.05) is 37.3 Å². The Labute approximate surface area is 129 Å². The van der Waals surface area contributed by atoms with Crippen molar-refractivity contribution in [3.63, 3.8) is 0 Å². The van der Waals surface area contributed by atoms with Crippen LogP contribution in [-0.2, 0) is 0 Å². The molecule has 2 rings (SSSR count). The maximum atomic E-state index is 13.1. The van der Waals surface area contributed by atoms with Gasteiger partial charge < -0.3 is 9.84 Å². The zero-order valence-electron chi connectivity index (χ0n) is 12.0. The minimum Gasteiger partial charge on any atom is -0.493 e. The van der Waals surface area contributed by atoms with Crippen molar-refractivity contribution in [2.75, 3.05) is 12.4 Å². The average Bonchev–Trinajstić information content (AvgIpc) is 2.51. The van der Waals surface area contributed by atoms with Crippen LogP contribution in [0.3, 0.4) is 0 Å². The van der Waals surface area contributed by atoms with E-state index in [-0.39, 0.29) is 5.82 Å². The van der Waals surface area contributed by atoms with Crippen LogP contribution in [0.25, 0.3) is 0 Å². The Morgan fingerprint density at radius 3 is 2.76 bits per heavy atom. The van der Waals surface area contributed by atoms with E-state index >= 15 is 0 Å². The van der Waals surface area contributed by atoms with Gasteiger partial charge in [0.05, 0.1) is 12.7 Å². The third kappa shape index (κ3) is 4.76. The summed E-state index contributed by atoms with van der Waals surface area (Å²) in [6.07, 6.45) is 0.272. The number of halogens is 1. The molecular weight excluding hydrogens is 287 g/mol. The summed E-state index contributed by atoms with van der Waals surface area (Å²) < 4.78 is 18.8. The molecule has 0 saturated carbocycles. The molecule has 112 valence electrons. The van der Waals surface area contributed by atoms with Gasteiger partial charge in [-0.25, -0.2) is 4.39 Å². The van der Waals surface area contributed by atoms with Crippen molar-refractivity contribution in [3.05, 3.63) is 59.9 Å². The highest BCUT2D eigenvalue weighted by atomic mass is 32.2. The molecule has 0 aliphatic heterocycles. The summed E-state index contributed by atoms with van der Waals surface area (Å²) >= 11 is 1.42. The highest BCUT2D eigenvalue weighted by Gasteiger charge is 2.13. The maximum Gasteiger partial charge on any atom is 0.125 e. The third-order valence-electron chi connectivity index (χ3n) is 2.94. The number of aliphatic hydroxyl groups is 1. The van der Waals surface area contributed by atoms with Crippen molar-refractivity contribution in [1.82, 2.24) is 0 Å². The van der Waals surface area contributed by atoms with Crippen molar-refractivity contribution in [3.8, 4) is 5.75 Å². The predicted octanol–water partition coefficient (Wildman–Crippen LogP) is 4.44. The van der Waals surface area contributed by atoms with Gasteiger partial charge >= 0.3 is 0 Å². The minimum atomic E-state index is -0.647. The monoisotopic (exact) mass is 306 g/mol. The predicted molar refractivity (Wildman–Crippen MR) is 84.3 cm³/mol. The Balaban J connectivity index is 2.01. The Hall–Kier alpha value is -1.52. The van der Waals surface area contributed by atoms with E-state index in [0.29, 0.717) is 18.1 Å². The van der Waals surface area contributed by atoms with E-state index in [1.54, 1.807) is 6.07 Å². The van der Waals surface area contributed by atoms with Gasteiger partial charge in [-0.3, -0.25) is 0 Å². The van der Waals surface area contributed by atoms with Crippen LogP contribution < -0.4 is 4.74 Å². The zero-order valence-corrected chi connectivity index (χ0v) is 12.8. The molecule has 0 spiro atoms. The Morgan fingerprint density at radius 2 is 2.00 bits per heavy atom. The first kappa shape index (κ1) is 15.9. The number of hydrogen-bond donors (Lipinski definition) is 1. The summed E-state index contributed by atoms with van der Waals surface area (Å²) in [6, 6.07) is 13.9. The van der Waals surface area contributed by atoms with Crippen LogP contribution in [0.4, 0.5) is 4.39 Å². The molecular formula is C17H19FO2S. The largest absolute Gasteiger partial charge is 0.493 e. The lowest BCUT2D eigenvalue weighted by Gasteiger charge is -2.15. The van der Waals surface area contributed by atoms with E-state index < -0.39 is 6.10 Å². The van der Waals surface area contributed by atoms with Crippen molar-refractivity contribution in [2.24, 2.45) is 0 Å². The number of aliphatic hydroxyl groups excluding tert-OH is 1. The van der Waals surface area contributed by atoms with Crippen LogP contribution in [0.2, 0.25) is 0 Å². The lowest BCUT2D eigenvalue weighted by molar-refractivity contribution is 0.195. The van der Waals surface area contributed by atoms with Gasteiger partial charge in [0.1, 0.15) is 11.6 Å². The second-order valence-corrected chi connectivity index (χ2v) is 5.76. The van der Waals surface area contributed by atoms with Gasteiger partial charge in [0.15, 0.2) is 0 Å². The summed E-state index contributed by atoms with van der Waals surface area (Å²) in [6.45, 7) is 2.67. The molecule has 0 heterocycles. The second-order valence-electron chi connectivity index (χ2n) is 4.67. The van der Waals surface area contributed by atoms with Gasteiger partial charge in [-0.05, 0) is 30.7 Å². The van der Waals surface area contributed by atoms with Crippen molar-refractivity contribution in [2.45, 2.75) is 24.3 Å². The molecule has 2 nitrogen and oxygen atoms in total. The molecule has 0 aliphatic rings. The van der Waals surface area contributed by atoms with Gasteiger partial charge in [0, 0.05) is 16.2 Å². The van der Waals surface area contributed by atoms with E-state index in [1.165, 1.54) is 23.9 Å². The number of para-hydroxylation sites is 1. The smallest absolute Gasteiger partial charge is 0.125 e. The van der Waals surface area contributed by atoms with Crippen molar-refractivity contribution in [1.29, 1.82) is 0 Å². The minimum absolute atomic E-state index is 0.263. The molecule has 1 atom stereocenters. The van der Waals surface area contributed by atoms with Crippen LogP contribution in [0.15, 0.2) is 53.4 Å². The van der Waals surface area contributed by atoms with Gasteiger partial charge in [0.2, 0.25) is 0 Å². The van der Waals surface area contributed by atoms with Crippen LogP contribution in [0, 0.1) is 5.82 Å². The fourth-order valence-electron chi connectivity index (χ4n) is 1.92. The molecule has 0 amide bonds. The lowest BCUT2D eigenvalue weighted by Crippen LogP contribution is -2.05. The molecule has 0 radical (unpaired) electrons. The zero-order chi connectivity index (χ0) is 15.1. The molecule has 2 aromatic rings. The first-order valence-electron chi connectivity index (χ1n) is 6.99. The number of benzene rings is 2. The number of rotatable bonds is 7. The first-order chi connectivity index (χ1) is 10.2. The molecule has 0 aliphatic carbocycles. The SMILES string of the molecule is CCCOc1ccccc1C(O)CSc1cccc(F)c1. The highest BCUT2D eigenvalue weighted by molar-refractivity contribution is 7.99. The van der Waals surface area contributed by atoms with Crippen LogP contribution in [0.1, 0.15) is 25.0 Å². The number of ether oxygens (including phenoxy) is 1. The fraction of sp³-hybridized carbons (Fsp3) is 0.294. The third-order valence-corrected chi connectivity index (χ3v) is 4.01. The quantitative estimate of drug-likeness (QED) is 0.767. The van der Waals surface area contributed by atoms with Crippen molar-refractivity contribution >= 4 is 11.8 Å². The summed E-state index contributed by atoms with van der Waals surface area (Å²) in [7, 11) is 0. The molecule has 21 heavy (non-hydrogen) atoms. The number of thioether (sulfide) groups is 1. The second kappa shape index (κ2) is 8.05. The van der Waals surface area contributed by atoms with Crippen molar-refractivity contribution < 1.29 is 14.2 Å². The fourth-order valence-corrected chi connectivity index (χ4v) is 2.82. The lowest BCUT2D eigenvalue weighted by atomic mass is 10.1. The summed E-state index contributed by atoms with van der Waals surface area (Å²) in [5, 5.41) is 10.3. The summed E-state index contributed by atoms with van der Waals surface area (Å²) in [4.78, 5) is 0.806. The normalized spacial score (nSPS) is 12.1. The van der Waals surface area contributed by atoms with E-state index in [2.05, 4.69) is 0 Å². The molecule has 1 N–H and O–H groups in total. The molecule has 2 aromatic carbocycles. The molecule has 0 aromatic heterocycles. The van der Waals surface area contributed by atoms with E-state index in [9.17, 15) is 9.50 Å². The maximum absolute atomic E-state index is 13.1. The molecule has 4 heteroatoms. The Morgan fingerprint density at radius 1 is 1.19 bits per heavy atom. The van der Waals surface area contributed by atoms with E-state index in [4.69, 9.17) is 4.74 Å². The standard InChI is InChI=1S/C17H19FO2S/c1-2-10-20-17-9-4-3-8-15(17)16(19)12-21-14-7-5-6-13(18)11-14/h3-9,11,16,19H,2,10,12H2,1H3. The van der Waals surface area contributed by atoms with Gasteiger partial charge in [-0.2, -0.15) is 0 Å². The van der Waals surface area contributed by atoms with Gasteiger partial charge in [0.25, 0.3) is 0 Å². The molecule has 0 saturated heterocycles. The summed E-state index contributed by atoms with van der Waals surface area (Å²) in [5.41, 5.74) is 0.773. The summed E-state index contributed by atoms with van der Waals surface area (Å²) in [5.74, 6) is 0.906. The first-order valence-corrected chi connectivity index (χ1v) is 7.97. The van der Waals surface area contributed by atoms with Crippen LogP contribution in [0.5, 0.6) is 5.75 Å². The molecule has 0 fully saturated rings. The molecule has 0 bridgehead atoms. The number of hydrogen-bond acceptors (Lipinski definition) is 3.